The lowest BCUT2D eigenvalue weighted by Crippen LogP contribution is -2.33. The molecule has 0 bridgehead atoms. The molecule has 2 nitrogen and oxygen atoms in total. The fraction of sp³-hybridized carbons (Fsp3) is 0.500. The molecule has 15 heavy (non-hydrogen) atoms. The lowest BCUT2D eigenvalue weighted by molar-refractivity contribution is -0.0418. The summed E-state index contributed by atoms with van der Waals surface area (Å²) in [4.78, 5) is 3.86. The summed E-state index contributed by atoms with van der Waals surface area (Å²) < 4.78 is 19.5. The van der Waals surface area contributed by atoms with E-state index in [1.54, 1.807) is 0 Å². The number of ether oxygens (including phenoxy) is 1. The molecule has 0 fully saturated rings. The maximum absolute atomic E-state index is 13.3. The van der Waals surface area contributed by atoms with E-state index in [0.29, 0.717) is 17.5 Å². The van der Waals surface area contributed by atoms with Gasteiger partial charge in [0.1, 0.15) is 5.02 Å². The molecule has 82 valence electrons. The first-order valence-corrected chi connectivity index (χ1v) is 5.74. The first kappa shape index (κ1) is 11.3. The number of hydrogen-bond donors (Lipinski definition) is 0. The van der Waals surface area contributed by atoms with Gasteiger partial charge in [-0.2, -0.15) is 4.39 Å². The molecule has 0 unspecified atom stereocenters. The van der Waals surface area contributed by atoms with Gasteiger partial charge in [0.15, 0.2) is 0 Å². The molecule has 0 amide bonds. The van der Waals surface area contributed by atoms with Crippen molar-refractivity contribution in [2.24, 2.45) is 0 Å². The maximum Gasteiger partial charge on any atom is 0.233 e. The third-order valence-corrected chi connectivity index (χ3v) is 3.87. The van der Waals surface area contributed by atoms with Gasteiger partial charge in [-0.1, -0.05) is 11.6 Å². The van der Waals surface area contributed by atoms with Crippen molar-refractivity contribution in [2.45, 2.75) is 32.5 Å². The molecule has 0 aromatic carbocycles. The second-order valence-electron chi connectivity index (χ2n) is 4.18. The fourth-order valence-corrected chi connectivity index (χ4v) is 2.26. The topological polar surface area (TPSA) is 22.1 Å². The second kappa shape index (κ2) is 3.68. The Morgan fingerprint density at radius 2 is 2.20 bits per heavy atom. The Bertz CT molecular complexity index is 422. The van der Waals surface area contributed by atoms with Gasteiger partial charge in [-0.3, -0.25) is 0 Å². The first-order chi connectivity index (χ1) is 6.91. The SMILES string of the molecule is CC1(C)Cc2nc(F)c(Cl)c(Br)c2CO1. The highest BCUT2D eigenvalue weighted by Crippen LogP contribution is 2.35. The maximum atomic E-state index is 13.3. The van der Waals surface area contributed by atoms with Gasteiger partial charge in [0.25, 0.3) is 0 Å². The van der Waals surface area contributed by atoms with E-state index in [1.165, 1.54) is 0 Å². The van der Waals surface area contributed by atoms with Crippen LogP contribution in [0.15, 0.2) is 4.47 Å². The van der Waals surface area contributed by atoms with Gasteiger partial charge in [-0.25, -0.2) is 4.98 Å². The molecule has 1 aliphatic rings. The van der Waals surface area contributed by atoms with Crippen LogP contribution in [0.25, 0.3) is 0 Å². The lowest BCUT2D eigenvalue weighted by Gasteiger charge is -2.31. The number of pyridine rings is 1. The van der Waals surface area contributed by atoms with E-state index in [1.807, 2.05) is 13.8 Å². The zero-order chi connectivity index (χ0) is 11.2. The Hall–Kier alpha value is -0.190. The number of nitrogens with zero attached hydrogens (tertiary/aromatic N) is 1. The molecule has 2 heterocycles. The average Bonchev–Trinajstić information content (AvgIpc) is 2.12. The number of rotatable bonds is 0. The van der Waals surface area contributed by atoms with Crippen LogP contribution in [0, 0.1) is 5.95 Å². The van der Waals surface area contributed by atoms with Crippen molar-refractivity contribution in [3.05, 3.63) is 26.7 Å². The summed E-state index contributed by atoms with van der Waals surface area (Å²) in [5.74, 6) is -0.625. The zero-order valence-corrected chi connectivity index (χ0v) is 10.7. The highest BCUT2D eigenvalue weighted by Gasteiger charge is 2.30. The Balaban J connectivity index is 2.54. The summed E-state index contributed by atoms with van der Waals surface area (Å²) in [5.41, 5.74) is 1.28. The van der Waals surface area contributed by atoms with Gasteiger partial charge in [-0.05, 0) is 29.8 Å². The van der Waals surface area contributed by atoms with Crippen molar-refractivity contribution in [1.82, 2.24) is 4.98 Å². The third kappa shape index (κ3) is 2.03. The quantitative estimate of drug-likeness (QED) is 0.683. The Kier molecular flexibility index (Phi) is 2.77. The summed E-state index contributed by atoms with van der Waals surface area (Å²) in [6.07, 6.45) is 0.592. The Labute approximate surface area is 101 Å². The van der Waals surface area contributed by atoms with Crippen molar-refractivity contribution in [1.29, 1.82) is 0 Å². The molecule has 0 spiro atoms. The van der Waals surface area contributed by atoms with Crippen LogP contribution < -0.4 is 0 Å². The van der Waals surface area contributed by atoms with Crippen molar-refractivity contribution >= 4 is 27.5 Å². The van der Waals surface area contributed by atoms with E-state index in [2.05, 4.69) is 20.9 Å². The fourth-order valence-electron chi connectivity index (χ4n) is 1.60. The highest BCUT2D eigenvalue weighted by atomic mass is 79.9. The van der Waals surface area contributed by atoms with Crippen LogP contribution in [0.1, 0.15) is 25.1 Å². The van der Waals surface area contributed by atoms with Gasteiger partial charge in [0.05, 0.1) is 17.9 Å². The second-order valence-corrected chi connectivity index (χ2v) is 5.35. The molecule has 0 N–H and O–H groups in total. The minimum absolute atomic E-state index is 0.0251. The summed E-state index contributed by atoms with van der Waals surface area (Å²) in [5, 5.41) is 0.0251. The summed E-state index contributed by atoms with van der Waals surface area (Å²) in [7, 11) is 0. The molecule has 0 saturated carbocycles. The largest absolute Gasteiger partial charge is 0.370 e. The monoisotopic (exact) mass is 293 g/mol. The normalized spacial score (nSPS) is 18.7. The molecule has 1 aromatic rings. The van der Waals surface area contributed by atoms with E-state index >= 15 is 0 Å². The average molecular weight is 295 g/mol. The van der Waals surface area contributed by atoms with Crippen molar-refractivity contribution < 1.29 is 9.13 Å². The van der Waals surface area contributed by atoms with Gasteiger partial charge < -0.3 is 4.74 Å². The Morgan fingerprint density at radius 3 is 2.87 bits per heavy atom. The van der Waals surface area contributed by atoms with Gasteiger partial charge >= 0.3 is 0 Å². The number of fused-ring (bicyclic) bond motifs is 1. The number of halogens is 3. The minimum atomic E-state index is -0.625. The van der Waals surface area contributed by atoms with Gasteiger partial charge in [0, 0.05) is 16.5 Å². The van der Waals surface area contributed by atoms with Crippen LogP contribution in [-0.2, 0) is 17.8 Å². The Morgan fingerprint density at radius 1 is 1.53 bits per heavy atom. The summed E-state index contributed by atoms with van der Waals surface area (Å²) >= 11 is 9.01. The smallest absolute Gasteiger partial charge is 0.233 e. The van der Waals surface area contributed by atoms with Crippen molar-refractivity contribution in [3.63, 3.8) is 0 Å². The van der Waals surface area contributed by atoms with Gasteiger partial charge in [-0.15, -0.1) is 0 Å². The van der Waals surface area contributed by atoms with E-state index in [0.717, 1.165) is 11.3 Å². The van der Waals surface area contributed by atoms with E-state index in [-0.39, 0.29) is 10.6 Å². The predicted molar refractivity (Wildman–Crippen MR) is 59.5 cm³/mol. The van der Waals surface area contributed by atoms with Crippen LogP contribution in [0.4, 0.5) is 4.39 Å². The zero-order valence-electron chi connectivity index (χ0n) is 8.40. The predicted octanol–water partition coefficient (Wildman–Crippen LogP) is 3.49. The summed E-state index contributed by atoms with van der Waals surface area (Å²) in [6, 6.07) is 0. The standard InChI is InChI=1S/C10H10BrClFNO/c1-10(2)3-6-5(4-15-10)7(11)8(12)9(13)14-6/h3-4H2,1-2H3. The van der Waals surface area contributed by atoms with Crippen LogP contribution >= 0.6 is 27.5 Å². The molecule has 2 rings (SSSR count). The van der Waals surface area contributed by atoms with Crippen molar-refractivity contribution in [2.75, 3.05) is 0 Å². The van der Waals surface area contributed by atoms with Crippen molar-refractivity contribution in [3.8, 4) is 0 Å². The molecule has 0 saturated heterocycles. The van der Waals surface area contributed by atoms with Crippen LogP contribution in [-0.4, -0.2) is 10.6 Å². The van der Waals surface area contributed by atoms with E-state index in [9.17, 15) is 4.39 Å². The number of aromatic nitrogens is 1. The highest BCUT2D eigenvalue weighted by molar-refractivity contribution is 9.10. The lowest BCUT2D eigenvalue weighted by atomic mass is 9.96. The van der Waals surface area contributed by atoms with E-state index in [4.69, 9.17) is 16.3 Å². The number of hydrogen-bond acceptors (Lipinski definition) is 2. The van der Waals surface area contributed by atoms with E-state index < -0.39 is 5.95 Å². The molecule has 0 radical (unpaired) electrons. The molecule has 5 heteroatoms. The molecular weight excluding hydrogens is 284 g/mol. The molecule has 0 atom stereocenters. The van der Waals surface area contributed by atoms with Crippen LogP contribution in [0.5, 0.6) is 0 Å². The first-order valence-electron chi connectivity index (χ1n) is 4.57. The summed E-state index contributed by atoms with van der Waals surface area (Å²) in [6.45, 7) is 4.33. The van der Waals surface area contributed by atoms with Gasteiger partial charge in [0.2, 0.25) is 5.95 Å². The molecule has 1 aromatic heterocycles. The molecular formula is C10H10BrClFNO. The van der Waals surface area contributed by atoms with Crippen LogP contribution in [0.2, 0.25) is 5.02 Å². The molecule has 1 aliphatic heterocycles. The third-order valence-electron chi connectivity index (χ3n) is 2.42. The molecule has 0 aliphatic carbocycles. The minimum Gasteiger partial charge on any atom is -0.370 e. The van der Waals surface area contributed by atoms with Crippen LogP contribution in [0.3, 0.4) is 0 Å².